The highest BCUT2D eigenvalue weighted by Crippen LogP contribution is 2.36. The molecule has 80 valence electrons. The molecule has 3 aliphatic rings. The van der Waals surface area contributed by atoms with Crippen LogP contribution >= 0.6 is 0 Å². The highest BCUT2D eigenvalue weighted by Gasteiger charge is 2.46. The molecule has 0 spiro atoms. The van der Waals surface area contributed by atoms with Crippen LogP contribution in [0.3, 0.4) is 0 Å². The van der Waals surface area contributed by atoms with Gasteiger partial charge >= 0.3 is 0 Å². The lowest BCUT2D eigenvalue weighted by Crippen LogP contribution is -2.34. The molecule has 0 amide bonds. The molecule has 2 aliphatic heterocycles. The van der Waals surface area contributed by atoms with E-state index in [-0.39, 0.29) is 5.25 Å². The van der Waals surface area contributed by atoms with E-state index >= 15 is 0 Å². The Bertz CT molecular complexity index is 325. The SMILES string of the molecule is O=S(=O)(C1CC1)N1C[C@H]2CNC[C@H]2C1. The normalized spacial score (nSPS) is 38.9. The summed E-state index contributed by atoms with van der Waals surface area (Å²) in [5, 5.41) is 3.29. The van der Waals surface area contributed by atoms with Crippen LogP contribution in [0.4, 0.5) is 0 Å². The van der Waals surface area contributed by atoms with Crippen molar-refractivity contribution < 1.29 is 8.42 Å². The molecule has 0 aromatic heterocycles. The minimum atomic E-state index is -2.90. The van der Waals surface area contributed by atoms with E-state index in [0.717, 1.165) is 39.0 Å². The maximum Gasteiger partial charge on any atom is 0.217 e. The Hall–Kier alpha value is -0.130. The topological polar surface area (TPSA) is 49.4 Å². The van der Waals surface area contributed by atoms with E-state index in [1.807, 2.05) is 0 Å². The van der Waals surface area contributed by atoms with Crippen LogP contribution in [-0.2, 0) is 10.0 Å². The molecule has 5 heteroatoms. The number of nitrogens with one attached hydrogen (secondary N) is 1. The fourth-order valence-electron chi connectivity index (χ4n) is 2.60. The number of rotatable bonds is 2. The molecular formula is C9H16N2O2S. The Kier molecular flexibility index (Phi) is 1.91. The van der Waals surface area contributed by atoms with Crippen molar-refractivity contribution in [3.63, 3.8) is 0 Å². The zero-order valence-electron chi connectivity index (χ0n) is 8.15. The minimum absolute atomic E-state index is 0.0331. The van der Waals surface area contributed by atoms with E-state index in [4.69, 9.17) is 0 Å². The Balaban J connectivity index is 1.76. The molecule has 1 aliphatic carbocycles. The van der Waals surface area contributed by atoms with Crippen LogP contribution in [0.25, 0.3) is 0 Å². The van der Waals surface area contributed by atoms with Crippen molar-refractivity contribution in [2.45, 2.75) is 18.1 Å². The van der Waals surface area contributed by atoms with Gasteiger partial charge in [0.2, 0.25) is 10.0 Å². The molecule has 1 N–H and O–H groups in total. The summed E-state index contributed by atoms with van der Waals surface area (Å²) in [6, 6.07) is 0. The lowest BCUT2D eigenvalue weighted by Gasteiger charge is -2.16. The van der Waals surface area contributed by atoms with Crippen LogP contribution in [0, 0.1) is 11.8 Å². The summed E-state index contributed by atoms with van der Waals surface area (Å²) in [6.45, 7) is 3.52. The summed E-state index contributed by atoms with van der Waals surface area (Å²) in [4.78, 5) is 0. The summed E-state index contributed by atoms with van der Waals surface area (Å²) in [5.74, 6) is 1.15. The number of fused-ring (bicyclic) bond motifs is 1. The monoisotopic (exact) mass is 216 g/mol. The van der Waals surface area contributed by atoms with Gasteiger partial charge < -0.3 is 5.32 Å². The Labute approximate surface area is 84.7 Å². The first kappa shape index (κ1) is 9.12. The lowest BCUT2D eigenvalue weighted by atomic mass is 10.0. The third-order valence-electron chi connectivity index (χ3n) is 3.66. The largest absolute Gasteiger partial charge is 0.316 e. The fraction of sp³-hybridized carbons (Fsp3) is 1.00. The van der Waals surface area contributed by atoms with Crippen molar-refractivity contribution in [1.29, 1.82) is 0 Å². The molecule has 1 saturated carbocycles. The van der Waals surface area contributed by atoms with E-state index in [1.165, 1.54) is 0 Å². The first-order valence-electron chi connectivity index (χ1n) is 5.37. The third kappa shape index (κ3) is 1.30. The Morgan fingerprint density at radius 3 is 2.14 bits per heavy atom. The predicted molar refractivity (Wildman–Crippen MR) is 53.4 cm³/mol. The molecule has 4 nitrogen and oxygen atoms in total. The van der Waals surface area contributed by atoms with Crippen molar-refractivity contribution in [2.24, 2.45) is 11.8 Å². The molecule has 0 bridgehead atoms. The summed E-state index contributed by atoms with van der Waals surface area (Å²) in [7, 11) is -2.90. The molecule has 3 fully saturated rings. The fourth-order valence-corrected chi connectivity index (χ4v) is 4.55. The van der Waals surface area contributed by atoms with E-state index in [0.29, 0.717) is 11.8 Å². The van der Waals surface area contributed by atoms with Crippen LogP contribution in [-0.4, -0.2) is 44.2 Å². The van der Waals surface area contributed by atoms with Crippen LogP contribution in [0.2, 0.25) is 0 Å². The first-order chi connectivity index (χ1) is 6.68. The maximum atomic E-state index is 11.9. The van der Waals surface area contributed by atoms with Gasteiger partial charge in [0.05, 0.1) is 5.25 Å². The molecular weight excluding hydrogens is 200 g/mol. The minimum Gasteiger partial charge on any atom is -0.316 e. The van der Waals surface area contributed by atoms with Crippen LogP contribution in [0.1, 0.15) is 12.8 Å². The van der Waals surface area contributed by atoms with Crippen LogP contribution < -0.4 is 5.32 Å². The third-order valence-corrected chi connectivity index (χ3v) is 5.99. The van der Waals surface area contributed by atoms with E-state index in [2.05, 4.69) is 5.32 Å². The van der Waals surface area contributed by atoms with E-state index < -0.39 is 10.0 Å². The summed E-state index contributed by atoms with van der Waals surface area (Å²) in [6.07, 6.45) is 1.76. The zero-order valence-corrected chi connectivity index (χ0v) is 8.96. The van der Waals surface area contributed by atoms with Crippen molar-refractivity contribution in [1.82, 2.24) is 9.62 Å². The Morgan fingerprint density at radius 1 is 1.07 bits per heavy atom. The molecule has 2 atom stereocenters. The highest BCUT2D eigenvalue weighted by molar-refractivity contribution is 7.90. The predicted octanol–water partition coefficient (Wildman–Crippen LogP) is -0.370. The van der Waals surface area contributed by atoms with Crippen molar-refractivity contribution in [3.05, 3.63) is 0 Å². The molecule has 0 aromatic carbocycles. The molecule has 2 heterocycles. The lowest BCUT2D eigenvalue weighted by molar-refractivity contribution is 0.447. The molecule has 3 rings (SSSR count). The van der Waals surface area contributed by atoms with Crippen molar-refractivity contribution in [2.75, 3.05) is 26.2 Å². The number of hydrogen-bond donors (Lipinski definition) is 1. The van der Waals surface area contributed by atoms with E-state index in [1.54, 1.807) is 4.31 Å². The second-order valence-corrected chi connectivity index (χ2v) is 6.95. The average Bonchev–Trinajstić information content (AvgIpc) is 2.75. The molecule has 14 heavy (non-hydrogen) atoms. The van der Waals surface area contributed by atoms with Gasteiger partial charge in [0, 0.05) is 13.1 Å². The first-order valence-corrected chi connectivity index (χ1v) is 6.88. The van der Waals surface area contributed by atoms with Crippen molar-refractivity contribution in [3.8, 4) is 0 Å². The van der Waals surface area contributed by atoms with Gasteiger partial charge in [0.25, 0.3) is 0 Å². The number of nitrogens with zero attached hydrogens (tertiary/aromatic N) is 1. The average molecular weight is 216 g/mol. The van der Waals surface area contributed by atoms with Crippen LogP contribution in [0.5, 0.6) is 0 Å². The zero-order chi connectivity index (χ0) is 9.76. The van der Waals surface area contributed by atoms with Crippen LogP contribution in [0.15, 0.2) is 0 Å². The molecule has 0 unspecified atom stereocenters. The van der Waals surface area contributed by atoms with Gasteiger partial charge in [-0.2, -0.15) is 0 Å². The van der Waals surface area contributed by atoms with Gasteiger partial charge in [-0.3, -0.25) is 0 Å². The Morgan fingerprint density at radius 2 is 1.64 bits per heavy atom. The number of hydrogen-bond acceptors (Lipinski definition) is 3. The van der Waals surface area contributed by atoms with Gasteiger partial charge in [-0.15, -0.1) is 0 Å². The summed E-state index contributed by atoms with van der Waals surface area (Å²) >= 11 is 0. The van der Waals surface area contributed by atoms with Gasteiger partial charge in [-0.25, -0.2) is 12.7 Å². The second kappa shape index (κ2) is 2.93. The maximum absolute atomic E-state index is 11.9. The van der Waals surface area contributed by atoms with Gasteiger partial charge in [0.15, 0.2) is 0 Å². The van der Waals surface area contributed by atoms with Gasteiger partial charge in [-0.05, 0) is 37.8 Å². The standard InChI is InChI=1S/C9H16N2O2S/c12-14(13,9-1-2-9)11-5-7-3-10-4-8(7)6-11/h7-10H,1-6H2/t7-,8+. The summed E-state index contributed by atoms with van der Waals surface area (Å²) < 4.78 is 25.6. The molecule has 0 aromatic rings. The highest BCUT2D eigenvalue weighted by atomic mass is 32.2. The number of sulfonamides is 1. The van der Waals surface area contributed by atoms with E-state index in [9.17, 15) is 8.42 Å². The van der Waals surface area contributed by atoms with Gasteiger partial charge in [-0.1, -0.05) is 0 Å². The van der Waals surface area contributed by atoms with Crippen molar-refractivity contribution >= 4 is 10.0 Å². The van der Waals surface area contributed by atoms with Gasteiger partial charge in [0.1, 0.15) is 0 Å². The molecule has 0 radical (unpaired) electrons. The summed E-state index contributed by atoms with van der Waals surface area (Å²) in [5.41, 5.74) is 0. The second-order valence-electron chi connectivity index (χ2n) is 4.74. The smallest absolute Gasteiger partial charge is 0.217 e. The molecule has 2 saturated heterocycles. The quantitative estimate of drug-likeness (QED) is 0.685.